The number of thioether (sulfide) groups is 1. The van der Waals surface area contributed by atoms with Gasteiger partial charge in [0.15, 0.2) is 5.17 Å². The van der Waals surface area contributed by atoms with Crippen LogP contribution in [0.2, 0.25) is 0 Å². The van der Waals surface area contributed by atoms with Crippen LogP contribution in [0.1, 0.15) is 6.92 Å². The van der Waals surface area contributed by atoms with Crippen LogP contribution < -0.4 is 0 Å². The molecule has 1 amide bonds. The third-order valence-corrected chi connectivity index (χ3v) is 3.70. The Labute approximate surface area is 111 Å². The lowest BCUT2D eigenvalue weighted by atomic mass is 10.1. The molecule has 0 unspecified atom stereocenters. The summed E-state index contributed by atoms with van der Waals surface area (Å²) in [4.78, 5) is 22.1. The van der Waals surface area contributed by atoms with E-state index >= 15 is 0 Å². The lowest BCUT2D eigenvalue weighted by Gasteiger charge is -2.30. The van der Waals surface area contributed by atoms with Crippen LogP contribution >= 0.6 is 11.8 Å². The van der Waals surface area contributed by atoms with Crippen molar-refractivity contribution in [2.24, 2.45) is 15.9 Å². The van der Waals surface area contributed by atoms with E-state index in [1.165, 1.54) is 11.8 Å². The van der Waals surface area contributed by atoms with E-state index < -0.39 is 0 Å². The molecule has 0 atom stereocenters. The Hall–Kier alpha value is -1.14. The summed E-state index contributed by atoms with van der Waals surface area (Å²) in [6.07, 6.45) is 1.89. The second kappa shape index (κ2) is 5.67. The van der Waals surface area contributed by atoms with Gasteiger partial charge in [-0.05, 0) is 19.9 Å². The molecule has 0 saturated carbocycles. The molecule has 5 nitrogen and oxygen atoms in total. The van der Waals surface area contributed by atoms with E-state index in [-0.39, 0.29) is 5.91 Å². The van der Waals surface area contributed by atoms with Crippen LogP contribution in [-0.2, 0) is 9.53 Å². The highest BCUT2D eigenvalue weighted by molar-refractivity contribution is 8.13. The van der Waals surface area contributed by atoms with Gasteiger partial charge >= 0.3 is 0 Å². The summed E-state index contributed by atoms with van der Waals surface area (Å²) in [6.45, 7) is 8.12. The summed E-state index contributed by atoms with van der Waals surface area (Å²) in [5.74, 6) is 0.549. The summed E-state index contributed by atoms with van der Waals surface area (Å²) in [5, 5.41) is 0.603. The Balaban J connectivity index is 2.05. The smallest absolute Gasteiger partial charge is 0.251 e. The number of hydrogen-bond donors (Lipinski definition) is 0. The molecule has 6 heteroatoms. The van der Waals surface area contributed by atoms with Crippen molar-refractivity contribution in [3.63, 3.8) is 0 Å². The van der Waals surface area contributed by atoms with Gasteiger partial charge in [-0.3, -0.25) is 4.79 Å². The number of hydrogen-bond acceptors (Lipinski definition) is 4. The normalized spacial score (nSPS) is 21.6. The van der Waals surface area contributed by atoms with Crippen molar-refractivity contribution in [3.8, 4) is 0 Å². The molecule has 2 rings (SSSR count). The molecule has 98 valence electrons. The highest BCUT2D eigenvalue weighted by Crippen LogP contribution is 2.23. The summed E-state index contributed by atoms with van der Waals surface area (Å²) in [5.41, 5.74) is 1.52. The molecule has 0 aromatic rings. The third-order valence-electron chi connectivity index (χ3n) is 3.12. The van der Waals surface area contributed by atoms with E-state index in [1.807, 2.05) is 18.1 Å². The zero-order valence-corrected chi connectivity index (χ0v) is 11.5. The Morgan fingerprint density at radius 1 is 1.61 bits per heavy atom. The summed E-state index contributed by atoms with van der Waals surface area (Å²) in [7, 11) is 0. The van der Waals surface area contributed by atoms with Crippen LogP contribution in [0.25, 0.3) is 0 Å². The summed E-state index contributed by atoms with van der Waals surface area (Å²) >= 11 is 1.43. The maximum atomic E-state index is 12.1. The second-order valence-corrected chi connectivity index (χ2v) is 5.19. The van der Waals surface area contributed by atoms with Crippen LogP contribution in [0.15, 0.2) is 21.3 Å². The molecular formula is C12H17N3O2S. The first kappa shape index (κ1) is 13.3. The first-order chi connectivity index (χ1) is 8.65. The quantitative estimate of drug-likeness (QED) is 0.570. The van der Waals surface area contributed by atoms with Gasteiger partial charge in [-0.1, -0.05) is 11.8 Å². The van der Waals surface area contributed by atoms with Crippen molar-refractivity contribution in [1.82, 2.24) is 4.90 Å². The molecule has 0 aromatic heterocycles. The van der Waals surface area contributed by atoms with Gasteiger partial charge < -0.3 is 9.64 Å². The van der Waals surface area contributed by atoms with Gasteiger partial charge in [0.1, 0.15) is 0 Å². The van der Waals surface area contributed by atoms with Crippen LogP contribution in [0.4, 0.5) is 0 Å². The lowest BCUT2D eigenvalue weighted by molar-refractivity contribution is -0.128. The van der Waals surface area contributed by atoms with Crippen molar-refractivity contribution >= 4 is 29.6 Å². The van der Waals surface area contributed by atoms with Crippen molar-refractivity contribution in [2.75, 3.05) is 32.6 Å². The Kier molecular flexibility index (Phi) is 4.19. The zero-order chi connectivity index (χ0) is 13.1. The fourth-order valence-corrected chi connectivity index (χ4v) is 2.29. The largest absolute Gasteiger partial charge is 0.381 e. The van der Waals surface area contributed by atoms with Crippen molar-refractivity contribution in [2.45, 2.75) is 6.92 Å². The van der Waals surface area contributed by atoms with Gasteiger partial charge in [0, 0.05) is 18.0 Å². The van der Waals surface area contributed by atoms with Gasteiger partial charge in [0.25, 0.3) is 5.91 Å². The van der Waals surface area contributed by atoms with E-state index in [0.717, 1.165) is 25.5 Å². The molecule has 2 aliphatic rings. The average Bonchev–Trinajstić information content (AvgIpc) is 2.58. The van der Waals surface area contributed by atoms with Gasteiger partial charge in [-0.15, -0.1) is 0 Å². The van der Waals surface area contributed by atoms with Crippen LogP contribution in [-0.4, -0.2) is 55.3 Å². The van der Waals surface area contributed by atoms with Crippen molar-refractivity contribution in [1.29, 1.82) is 0 Å². The van der Waals surface area contributed by atoms with E-state index in [1.54, 1.807) is 0 Å². The highest BCUT2D eigenvalue weighted by atomic mass is 32.2. The number of carbonyl (C=O) groups is 1. The van der Waals surface area contributed by atoms with Gasteiger partial charge in [-0.2, -0.15) is 0 Å². The molecule has 1 saturated heterocycles. The molecule has 0 aromatic carbocycles. The predicted octanol–water partition coefficient (Wildman–Crippen LogP) is 1.17. The number of amides is 1. The van der Waals surface area contributed by atoms with E-state index in [0.29, 0.717) is 23.2 Å². The topological polar surface area (TPSA) is 54.3 Å². The monoisotopic (exact) mass is 267 g/mol. The molecule has 0 bridgehead atoms. The van der Waals surface area contributed by atoms with Crippen molar-refractivity contribution < 1.29 is 9.53 Å². The van der Waals surface area contributed by atoms with Gasteiger partial charge in [0.05, 0.1) is 25.5 Å². The first-order valence-corrected chi connectivity index (χ1v) is 7.04. The molecule has 2 aliphatic heterocycles. The number of amidine groups is 1. The standard InChI is InChI=1S/C12H17N3O2S/c1-8-10(14-12(13-2)18-3)5-15(11(8)16)4-9-6-17-7-9/h9H,2,4-7H2,1,3H3. The van der Waals surface area contributed by atoms with E-state index in [4.69, 9.17) is 4.74 Å². The molecule has 1 fully saturated rings. The Morgan fingerprint density at radius 3 is 2.83 bits per heavy atom. The minimum absolute atomic E-state index is 0.0742. The SMILES string of the molecule is C=NC(=NC1=C(C)C(=O)N(CC2COC2)C1)SC. The number of carbonyl (C=O) groups excluding carboxylic acids is 1. The van der Waals surface area contributed by atoms with E-state index in [9.17, 15) is 4.79 Å². The number of nitrogens with zero attached hydrogens (tertiary/aromatic N) is 3. The van der Waals surface area contributed by atoms with Gasteiger partial charge in [-0.25, -0.2) is 9.98 Å². The zero-order valence-electron chi connectivity index (χ0n) is 10.7. The van der Waals surface area contributed by atoms with Crippen LogP contribution in [0, 0.1) is 5.92 Å². The highest BCUT2D eigenvalue weighted by Gasteiger charge is 2.31. The molecule has 18 heavy (non-hydrogen) atoms. The molecule has 0 N–H and O–H groups in total. The molecule has 0 aliphatic carbocycles. The van der Waals surface area contributed by atoms with Crippen molar-refractivity contribution in [3.05, 3.63) is 11.3 Å². The van der Waals surface area contributed by atoms with Gasteiger partial charge in [0.2, 0.25) is 0 Å². The number of ether oxygens (including phenoxy) is 1. The Bertz CT molecular complexity index is 427. The predicted molar refractivity (Wildman–Crippen MR) is 74.1 cm³/mol. The first-order valence-electron chi connectivity index (χ1n) is 5.82. The number of aliphatic imine (C=N–C) groups is 2. The fourth-order valence-electron chi connectivity index (χ4n) is 1.96. The van der Waals surface area contributed by atoms with E-state index in [2.05, 4.69) is 16.7 Å². The number of rotatable bonds is 3. The summed E-state index contributed by atoms with van der Waals surface area (Å²) in [6, 6.07) is 0. The van der Waals surface area contributed by atoms with Crippen LogP contribution in [0.3, 0.4) is 0 Å². The fraction of sp³-hybridized carbons (Fsp3) is 0.583. The molecular weight excluding hydrogens is 250 g/mol. The second-order valence-electron chi connectivity index (χ2n) is 4.42. The maximum Gasteiger partial charge on any atom is 0.251 e. The van der Waals surface area contributed by atoms with Crippen LogP contribution in [0.5, 0.6) is 0 Å². The third kappa shape index (κ3) is 2.64. The Morgan fingerprint density at radius 2 is 2.33 bits per heavy atom. The lowest BCUT2D eigenvalue weighted by Crippen LogP contribution is -2.40. The minimum atomic E-state index is 0.0742. The maximum absolute atomic E-state index is 12.1. The molecule has 0 spiro atoms. The average molecular weight is 267 g/mol. The minimum Gasteiger partial charge on any atom is -0.381 e. The molecule has 2 heterocycles. The molecule has 0 radical (unpaired) electrons. The summed E-state index contributed by atoms with van der Waals surface area (Å²) < 4.78 is 5.13.